The molecule has 1 aromatic rings. The van der Waals surface area contributed by atoms with Crippen LogP contribution in [0.25, 0.3) is 0 Å². The van der Waals surface area contributed by atoms with Crippen molar-refractivity contribution in [1.82, 2.24) is 0 Å². The summed E-state index contributed by atoms with van der Waals surface area (Å²) in [6.45, 7) is 6.42. The molecule has 4 heteroatoms. The summed E-state index contributed by atoms with van der Waals surface area (Å²) in [5.41, 5.74) is 1.23. The van der Waals surface area contributed by atoms with Gasteiger partial charge in [-0.3, -0.25) is 4.21 Å². The first-order valence-electron chi connectivity index (χ1n) is 13.3. The van der Waals surface area contributed by atoms with Crippen molar-refractivity contribution in [2.75, 3.05) is 24.7 Å². The van der Waals surface area contributed by atoms with Crippen molar-refractivity contribution in [3.05, 3.63) is 35.9 Å². The summed E-state index contributed by atoms with van der Waals surface area (Å²) in [6.07, 6.45) is 18.4. The first-order chi connectivity index (χ1) is 15.8. The lowest BCUT2D eigenvalue weighted by Crippen LogP contribution is -2.19. The van der Waals surface area contributed by atoms with E-state index in [0.29, 0.717) is 13.2 Å². The molecule has 0 heterocycles. The molecular formula is C28H50O3S. The van der Waals surface area contributed by atoms with Crippen LogP contribution in [0.5, 0.6) is 0 Å². The van der Waals surface area contributed by atoms with Crippen molar-refractivity contribution in [2.45, 2.75) is 116 Å². The molecule has 0 aliphatic heterocycles. The lowest BCUT2D eigenvalue weighted by molar-refractivity contribution is -0.0269. The minimum Gasteiger partial charge on any atom is -0.379 e. The summed E-state index contributed by atoms with van der Waals surface area (Å²) in [5, 5.41) is 0. The molecule has 0 N–H and O–H groups in total. The molecule has 3 nitrogen and oxygen atoms in total. The van der Waals surface area contributed by atoms with Crippen LogP contribution in [0.2, 0.25) is 0 Å². The minimum atomic E-state index is -0.566. The Balaban J connectivity index is 1.79. The standard InChI is InChI=1S/C28H50O3S/c1-3-28(31-25-27-21-17-16-18-22-27)26-30-23-19-14-12-10-8-6-5-7-9-11-13-15-20-24-32(29)4-2/h16-18,21-22,28H,3-15,19-20,23-26H2,1-2H3. The van der Waals surface area contributed by atoms with E-state index in [9.17, 15) is 4.21 Å². The highest BCUT2D eigenvalue weighted by atomic mass is 32.2. The van der Waals surface area contributed by atoms with Crippen molar-refractivity contribution >= 4 is 10.8 Å². The monoisotopic (exact) mass is 466 g/mol. The van der Waals surface area contributed by atoms with Crippen LogP contribution in [0, 0.1) is 0 Å². The van der Waals surface area contributed by atoms with Crippen LogP contribution >= 0.6 is 0 Å². The normalized spacial score (nSPS) is 13.3. The molecule has 0 bridgehead atoms. The molecule has 2 unspecified atom stereocenters. The van der Waals surface area contributed by atoms with Gasteiger partial charge in [-0.15, -0.1) is 0 Å². The molecule has 186 valence electrons. The van der Waals surface area contributed by atoms with E-state index in [2.05, 4.69) is 31.2 Å². The minimum absolute atomic E-state index is 0.196. The average molecular weight is 467 g/mol. The van der Waals surface area contributed by atoms with E-state index >= 15 is 0 Å². The fourth-order valence-corrected chi connectivity index (χ4v) is 4.66. The second kappa shape index (κ2) is 22.1. The van der Waals surface area contributed by atoms with Crippen LogP contribution < -0.4 is 0 Å². The van der Waals surface area contributed by atoms with E-state index < -0.39 is 10.8 Å². The largest absolute Gasteiger partial charge is 0.379 e. The molecule has 2 atom stereocenters. The quantitative estimate of drug-likeness (QED) is 0.154. The van der Waals surface area contributed by atoms with Gasteiger partial charge in [0, 0.05) is 28.9 Å². The third-order valence-corrected chi connectivity index (χ3v) is 7.46. The van der Waals surface area contributed by atoms with Gasteiger partial charge < -0.3 is 9.47 Å². The third kappa shape index (κ3) is 17.8. The third-order valence-electron chi connectivity index (χ3n) is 6.07. The van der Waals surface area contributed by atoms with Gasteiger partial charge in [0.1, 0.15) is 0 Å². The zero-order valence-corrected chi connectivity index (χ0v) is 21.8. The van der Waals surface area contributed by atoms with E-state index in [4.69, 9.17) is 9.47 Å². The molecule has 1 aromatic carbocycles. The van der Waals surface area contributed by atoms with Crippen molar-refractivity contribution in [3.8, 4) is 0 Å². The van der Waals surface area contributed by atoms with Crippen LogP contribution in [0.3, 0.4) is 0 Å². The van der Waals surface area contributed by atoms with Gasteiger partial charge in [-0.05, 0) is 24.8 Å². The second-order valence-electron chi connectivity index (χ2n) is 8.93. The molecule has 0 aromatic heterocycles. The van der Waals surface area contributed by atoms with Crippen LogP contribution in [-0.4, -0.2) is 35.0 Å². The number of rotatable bonds is 23. The first kappa shape index (κ1) is 29.3. The molecule has 0 saturated carbocycles. The fourth-order valence-electron chi connectivity index (χ4n) is 3.84. The molecular weight excluding hydrogens is 416 g/mol. The van der Waals surface area contributed by atoms with Gasteiger partial charge in [0.15, 0.2) is 0 Å². The van der Waals surface area contributed by atoms with Crippen molar-refractivity contribution in [2.24, 2.45) is 0 Å². The Morgan fingerprint density at radius 1 is 0.750 bits per heavy atom. The molecule has 0 spiro atoms. The van der Waals surface area contributed by atoms with Gasteiger partial charge >= 0.3 is 0 Å². The van der Waals surface area contributed by atoms with Crippen LogP contribution in [0.15, 0.2) is 30.3 Å². The summed E-state index contributed by atoms with van der Waals surface area (Å²) < 4.78 is 23.2. The van der Waals surface area contributed by atoms with Crippen molar-refractivity contribution in [3.63, 3.8) is 0 Å². The van der Waals surface area contributed by atoms with E-state index in [1.54, 1.807) is 0 Å². The second-order valence-corrected chi connectivity index (χ2v) is 10.8. The Morgan fingerprint density at radius 2 is 1.28 bits per heavy atom. The van der Waals surface area contributed by atoms with E-state index in [1.165, 1.54) is 82.6 Å². The predicted molar refractivity (Wildman–Crippen MR) is 140 cm³/mol. The summed E-state index contributed by atoms with van der Waals surface area (Å²) in [7, 11) is -0.566. The summed E-state index contributed by atoms with van der Waals surface area (Å²) in [6, 6.07) is 10.4. The van der Waals surface area contributed by atoms with E-state index in [0.717, 1.165) is 31.0 Å². The number of hydrogen-bond acceptors (Lipinski definition) is 3. The van der Waals surface area contributed by atoms with Gasteiger partial charge in [0.25, 0.3) is 0 Å². The number of benzene rings is 1. The molecule has 32 heavy (non-hydrogen) atoms. The average Bonchev–Trinajstić information content (AvgIpc) is 2.83. The molecule has 1 rings (SSSR count). The van der Waals surface area contributed by atoms with Crippen molar-refractivity contribution < 1.29 is 13.7 Å². The Labute approximate surface area is 201 Å². The van der Waals surface area contributed by atoms with Gasteiger partial charge in [-0.1, -0.05) is 115 Å². The molecule has 0 amide bonds. The van der Waals surface area contributed by atoms with Gasteiger partial charge in [0.2, 0.25) is 0 Å². The molecule has 0 aliphatic rings. The van der Waals surface area contributed by atoms with Crippen LogP contribution in [0.4, 0.5) is 0 Å². The van der Waals surface area contributed by atoms with Crippen LogP contribution in [-0.2, 0) is 26.9 Å². The maximum Gasteiger partial charge on any atom is 0.0810 e. The van der Waals surface area contributed by atoms with Crippen LogP contribution in [0.1, 0.15) is 109 Å². The molecule has 0 saturated heterocycles. The zero-order chi connectivity index (χ0) is 23.1. The lowest BCUT2D eigenvalue weighted by atomic mass is 10.0. The van der Waals surface area contributed by atoms with Gasteiger partial charge in [0.05, 0.1) is 19.3 Å². The Kier molecular flexibility index (Phi) is 20.3. The van der Waals surface area contributed by atoms with E-state index in [1.807, 2.05) is 13.0 Å². The summed E-state index contributed by atoms with van der Waals surface area (Å²) in [5.74, 6) is 1.73. The number of hydrogen-bond donors (Lipinski definition) is 0. The highest BCUT2D eigenvalue weighted by molar-refractivity contribution is 7.84. The summed E-state index contributed by atoms with van der Waals surface area (Å²) in [4.78, 5) is 0. The molecule has 0 fully saturated rings. The van der Waals surface area contributed by atoms with Gasteiger partial charge in [-0.25, -0.2) is 0 Å². The Morgan fingerprint density at radius 3 is 1.81 bits per heavy atom. The number of ether oxygens (including phenoxy) is 2. The lowest BCUT2D eigenvalue weighted by Gasteiger charge is -2.16. The molecule has 0 aliphatic carbocycles. The Hall–Kier alpha value is -0.710. The Bertz CT molecular complexity index is 535. The smallest absolute Gasteiger partial charge is 0.0810 e. The highest BCUT2D eigenvalue weighted by Crippen LogP contribution is 2.13. The first-order valence-corrected chi connectivity index (χ1v) is 14.8. The highest BCUT2D eigenvalue weighted by Gasteiger charge is 2.07. The maximum atomic E-state index is 11.4. The van der Waals surface area contributed by atoms with E-state index in [-0.39, 0.29) is 6.10 Å². The predicted octanol–water partition coefficient (Wildman–Crippen LogP) is 7.84. The SMILES string of the molecule is CCC(COCCCCCCCCCCCCCCCS(=O)CC)OCc1ccccc1. The van der Waals surface area contributed by atoms with Crippen molar-refractivity contribution in [1.29, 1.82) is 0 Å². The summed E-state index contributed by atoms with van der Waals surface area (Å²) >= 11 is 0. The fraction of sp³-hybridized carbons (Fsp3) is 0.786. The molecule has 0 radical (unpaired) electrons. The number of unbranched alkanes of at least 4 members (excludes halogenated alkanes) is 12. The topological polar surface area (TPSA) is 35.5 Å². The maximum absolute atomic E-state index is 11.4. The zero-order valence-electron chi connectivity index (χ0n) is 21.0. The van der Waals surface area contributed by atoms with Gasteiger partial charge in [-0.2, -0.15) is 0 Å².